The van der Waals surface area contributed by atoms with E-state index in [1.807, 2.05) is 19.9 Å². The highest BCUT2D eigenvalue weighted by molar-refractivity contribution is 6.31. The van der Waals surface area contributed by atoms with Gasteiger partial charge in [0.25, 0.3) is 0 Å². The van der Waals surface area contributed by atoms with Crippen LogP contribution in [0.15, 0.2) is 12.1 Å². The first-order chi connectivity index (χ1) is 5.65. The molecule has 12 heavy (non-hydrogen) atoms. The maximum atomic E-state index is 12.3. The number of hydrogen-bond acceptors (Lipinski definition) is 1. The van der Waals surface area contributed by atoms with E-state index in [0.29, 0.717) is 16.6 Å². The van der Waals surface area contributed by atoms with Crippen LogP contribution in [0.25, 0.3) is 0 Å². The smallest absolute Gasteiger partial charge is 0.133 e. The van der Waals surface area contributed by atoms with Crippen LogP contribution in [0, 0.1) is 0 Å². The molecule has 0 saturated heterocycles. The van der Waals surface area contributed by atoms with Crippen LogP contribution in [0.2, 0.25) is 5.02 Å². The number of nitrogens with zero attached hydrogens (tertiary/aromatic N) is 1. The van der Waals surface area contributed by atoms with Crippen LogP contribution in [0.5, 0.6) is 0 Å². The molecule has 0 unspecified atom stereocenters. The predicted molar refractivity (Wildman–Crippen MR) is 48.1 cm³/mol. The summed E-state index contributed by atoms with van der Waals surface area (Å²) < 4.78 is 12.3. The Morgan fingerprint density at radius 2 is 2.17 bits per heavy atom. The maximum Gasteiger partial charge on any atom is 0.133 e. The number of pyridine rings is 1. The van der Waals surface area contributed by atoms with Gasteiger partial charge in [-0.2, -0.15) is 0 Å². The summed E-state index contributed by atoms with van der Waals surface area (Å²) in [7, 11) is 0. The summed E-state index contributed by atoms with van der Waals surface area (Å²) in [5.41, 5.74) is 1.22. The summed E-state index contributed by atoms with van der Waals surface area (Å²) in [5, 5.41) is 0.405. The SMILES string of the molecule is CC(C)c1ccc(Cl)c(CF)n1. The number of aromatic nitrogens is 1. The van der Waals surface area contributed by atoms with Crippen molar-refractivity contribution in [2.45, 2.75) is 26.4 Å². The zero-order chi connectivity index (χ0) is 9.14. The molecule has 0 spiro atoms. The van der Waals surface area contributed by atoms with Gasteiger partial charge in [-0.05, 0) is 18.1 Å². The molecule has 0 atom stereocenters. The molecule has 0 aromatic carbocycles. The lowest BCUT2D eigenvalue weighted by Crippen LogP contribution is -1.96. The Morgan fingerprint density at radius 1 is 1.50 bits per heavy atom. The second-order valence-electron chi connectivity index (χ2n) is 2.95. The molecule has 1 rings (SSSR count). The van der Waals surface area contributed by atoms with Crippen molar-refractivity contribution in [3.05, 3.63) is 28.5 Å². The Labute approximate surface area is 76.6 Å². The second-order valence-corrected chi connectivity index (χ2v) is 3.36. The normalized spacial score (nSPS) is 10.8. The third-order valence-electron chi connectivity index (χ3n) is 1.66. The third kappa shape index (κ3) is 1.95. The number of hydrogen-bond donors (Lipinski definition) is 0. The van der Waals surface area contributed by atoms with Crippen LogP contribution < -0.4 is 0 Å². The minimum absolute atomic E-state index is 0.313. The maximum absolute atomic E-state index is 12.3. The quantitative estimate of drug-likeness (QED) is 0.692. The van der Waals surface area contributed by atoms with Crippen molar-refractivity contribution in [1.29, 1.82) is 0 Å². The van der Waals surface area contributed by atoms with Gasteiger partial charge in [0.1, 0.15) is 6.67 Å². The molecule has 0 aliphatic heterocycles. The van der Waals surface area contributed by atoms with Gasteiger partial charge in [-0.15, -0.1) is 0 Å². The van der Waals surface area contributed by atoms with Crippen molar-refractivity contribution in [3.8, 4) is 0 Å². The van der Waals surface area contributed by atoms with Gasteiger partial charge in [0.2, 0.25) is 0 Å². The van der Waals surface area contributed by atoms with Crippen molar-refractivity contribution in [3.63, 3.8) is 0 Å². The van der Waals surface area contributed by atoms with Crippen LogP contribution in [0.3, 0.4) is 0 Å². The summed E-state index contributed by atoms with van der Waals surface area (Å²) >= 11 is 5.70. The van der Waals surface area contributed by atoms with Crippen LogP contribution >= 0.6 is 11.6 Å². The molecule has 0 radical (unpaired) electrons. The van der Waals surface area contributed by atoms with E-state index < -0.39 is 6.67 Å². The third-order valence-corrected chi connectivity index (χ3v) is 2.00. The van der Waals surface area contributed by atoms with Gasteiger partial charge in [-0.25, -0.2) is 4.39 Å². The van der Waals surface area contributed by atoms with E-state index in [2.05, 4.69) is 4.98 Å². The molecule has 0 N–H and O–H groups in total. The monoisotopic (exact) mass is 187 g/mol. The van der Waals surface area contributed by atoms with Gasteiger partial charge < -0.3 is 0 Å². The molecule has 0 aliphatic carbocycles. The molecule has 0 fully saturated rings. The highest BCUT2D eigenvalue weighted by Crippen LogP contribution is 2.19. The van der Waals surface area contributed by atoms with Gasteiger partial charge in [0, 0.05) is 5.69 Å². The standard InChI is InChI=1S/C9H11ClFN/c1-6(2)8-4-3-7(10)9(5-11)12-8/h3-4,6H,5H2,1-2H3. The Kier molecular flexibility index (Phi) is 3.04. The fraction of sp³-hybridized carbons (Fsp3) is 0.444. The highest BCUT2D eigenvalue weighted by Gasteiger charge is 2.05. The number of halogens is 2. The van der Waals surface area contributed by atoms with Crippen molar-refractivity contribution >= 4 is 11.6 Å². The molecule has 1 aromatic heterocycles. The van der Waals surface area contributed by atoms with Gasteiger partial charge in [0.05, 0.1) is 10.7 Å². The van der Waals surface area contributed by atoms with E-state index in [9.17, 15) is 4.39 Å². The Balaban J connectivity index is 3.05. The zero-order valence-corrected chi connectivity index (χ0v) is 7.90. The van der Waals surface area contributed by atoms with Crippen molar-refractivity contribution in [1.82, 2.24) is 4.98 Å². The number of rotatable bonds is 2. The molecule has 66 valence electrons. The Morgan fingerprint density at radius 3 is 2.67 bits per heavy atom. The molecule has 0 saturated carbocycles. The molecule has 0 bridgehead atoms. The van der Waals surface area contributed by atoms with Crippen LogP contribution in [0.1, 0.15) is 31.2 Å². The first-order valence-electron chi connectivity index (χ1n) is 3.86. The van der Waals surface area contributed by atoms with Crippen molar-refractivity contribution < 1.29 is 4.39 Å². The van der Waals surface area contributed by atoms with Gasteiger partial charge >= 0.3 is 0 Å². The molecule has 0 aliphatic rings. The molecule has 1 heterocycles. The number of alkyl halides is 1. The minimum Gasteiger partial charge on any atom is -0.253 e. The van der Waals surface area contributed by atoms with Crippen molar-refractivity contribution in [2.24, 2.45) is 0 Å². The summed E-state index contributed by atoms with van der Waals surface area (Å²) in [5.74, 6) is 0.313. The lowest BCUT2D eigenvalue weighted by molar-refractivity contribution is 0.474. The first kappa shape index (κ1) is 9.46. The van der Waals surface area contributed by atoms with Crippen LogP contribution in [-0.2, 0) is 6.67 Å². The predicted octanol–water partition coefficient (Wildman–Crippen LogP) is 3.33. The largest absolute Gasteiger partial charge is 0.253 e. The zero-order valence-electron chi connectivity index (χ0n) is 7.14. The fourth-order valence-corrected chi connectivity index (χ4v) is 1.07. The van der Waals surface area contributed by atoms with Crippen LogP contribution in [-0.4, -0.2) is 4.98 Å². The van der Waals surface area contributed by atoms with E-state index in [0.717, 1.165) is 5.69 Å². The van der Waals surface area contributed by atoms with Gasteiger partial charge in [0.15, 0.2) is 0 Å². The fourth-order valence-electron chi connectivity index (χ4n) is 0.917. The average Bonchev–Trinajstić information content (AvgIpc) is 2.05. The lowest BCUT2D eigenvalue weighted by atomic mass is 10.1. The molecule has 3 heteroatoms. The highest BCUT2D eigenvalue weighted by atomic mass is 35.5. The van der Waals surface area contributed by atoms with Crippen LogP contribution in [0.4, 0.5) is 4.39 Å². The molecular formula is C9H11ClFN. The van der Waals surface area contributed by atoms with E-state index in [4.69, 9.17) is 11.6 Å². The summed E-state index contributed by atoms with van der Waals surface area (Å²) in [6.45, 7) is 3.43. The lowest BCUT2D eigenvalue weighted by Gasteiger charge is -2.06. The van der Waals surface area contributed by atoms with Gasteiger partial charge in [-0.1, -0.05) is 25.4 Å². The minimum atomic E-state index is -0.598. The summed E-state index contributed by atoms with van der Waals surface area (Å²) in [6.07, 6.45) is 0. The average molecular weight is 188 g/mol. The Bertz CT molecular complexity index is 273. The van der Waals surface area contributed by atoms with Crippen molar-refractivity contribution in [2.75, 3.05) is 0 Å². The van der Waals surface area contributed by atoms with E-state index in [-0.39, 0.29) is 0 Å². The summed E-state index contributed by atoms with van der Waals surface area (Å²) in [4.78, 5) is 4.08. The van der Waals surface area contributed by atoms with E-state index in [1.165, 1.54) is 0 Å². The topological polar surface area (TPSA) is 12.9 Å². The molecule has 0 amide bonds. The van der Waals surface area contributed by atoms with E-state index in [1.54, 1.807) is 6.07 Å². The Hall–Kier alpha value is -0.630. The first-order valence-corrected chi connectivity index (χ1v) is 4.24. The van der Waals surface area contributed by atoms with Gasteiger partial charge in [-0.3, -0.25) is 4.98 Å². The second kappa shape index (κ2) is 3.85. The molecular weight excluding hydrogens is 177 g/mol. The summed E-state index contributed by atoms with van der Waals surface area (Å²) in [6, 6.07) is 3.52. The van der Waals surface area contributed by atoms with E-state index >= 15 is 0 Å². The molecule has 1 aromatic rings. The molecule has 1 nitrogen and oxygen atoms in total.